The predicted molar refractivity (Wildman–Crippen MR) is 355 cm³/mol. The van der Waals surface area contributed by atoms with Gasteiger partial charge in [-0.2, -0.15) is 0 Å². The number of hydrogen-bond donors (Lipinski definition) is 6. The lowest BCUT2D eigenvalue weighted by Crippen LogP contribution is -2.53. The maximum absolute atomic E-state index is 14.4. The van der Waals surface area contributed by atoms with Gasteiger partial charge in [-0.25, -0.2) is 0 Å². The molecule has 0 saturated heterocycles. The molecule has 0 radical (unpaired) electrons. The SMILES string of the molecule is NCCOCCOCCOCCOCCOCCOCCC(=O)NC(Cc1ccc2ccc3cccc4ccc1c2c34)C(=O)NCC(=O)NC(Cc1ccc2ccc3cccc4ccc1c2c34)C(=O)NCCOCCOCCOCCOCCOCCOCCC(N)=O. The minimum Gasteiger partial charge on any atom is -0.379 e. The van der Waals surface area contributed by atoms with E-state index in [0.29, 0.717) is 132 Å². The monoisotopic (exact) mass is 1290 g/mol. The highest BCUT2D eigenvalue weighted by molar-refractivity contribution is 6.24. The Balaban J connectivity index is 0.810. The van der Waals surface area contributed by atoms with E-state index in [0.717, 1.165) is 75.8 Å². The molecule has 23 nitrogen and oxygen atoms in total. The van der Waals surface area contributed by atoms with E-state index >= 15 is 0 Å². The van der Waals surface area contributed by atoms with E-state index in [2.05, 4.69) is 88.0 Å². The van der Waals surface area contributed by atoms with Gasteiger partial charge in [0.2, 0.25) is 29.5 Å². The van der Waals surface area contributed by atoms with Gasteiger partial charge in [0.1, 0.15) is 12.1 Å². The molecule has 93 heavy (non-hydrogen) atoms. The second-order valence-corrected chi connectivity index (χ2v) is 21.9. The highest BCUT2D eigenvalue weighted by atomic mass is 16.6. The number of rotatable bonds is 51. The molecule has 0 bridgehead atoms. The first-order chi connectivity index (χ1) is 45.7. The Morgan fingerprint density at radius 2 is 0.645 bits per heavy atom. The van der Waals surface area contributed by atoms with Crippen molar-refractivity contribution in [3.05, 3.63) is 120 Å². The minimum absolute atomic E-state index is 0.0363. The van der Waals surface area contributed by atoms with Crippen molar-refractivity contribution < 1.29 is 80.8 Å². The van der Waals surface area contributed by atoms with Gasteiger partial charge in [-0.1, -0.05) is 109 Å². The summed E-state index contributed by atoms with van der Waals surface area (Å²) in [5.74, 6) is -2.43. The van der Waals surface area contributed by atoms with Crippen molar-refractivity contribution in [2.45, 2.75) is 37.8 Å². The van der Waals surface area contributed by atoms with Crippen LogP contribution in [0.25, 0.3) is 64.6 Å². The van der Waals surface area contributed by atoms with Crippen LogP contribution in [0.2, 0.25) is 0 Å². The van der Waals surface area contributed by atoms with Crippen LogP contribution in [0.3, 0.4) is 0 Å². The first-order valence-electron chi connectivity index (χ1n) is 32.0. The molecule has 0 aliphatic heterocycles. The molecule has 0 aromatic heterocycles. The summed E-state index contributed by atoms with van der Waals surface area (Å²) in [6.07, 6.45) is 0.409. The molecular formula is C70H90N6O17. The van der Waals surface area contributed by atoms with E-state index < -0.39 is 48.2 Å². The Morgan fingerprint density at radius 1 is 0.333 bits per heavy atom. The summed E-state index contributed by atoms with van der Waals surface area (Å²) in [6.45, 7) is 8.92. The number of primary amides is 1. The summed E-state index contributed by atoms with van der Waals surface area (Å²) >= 11 is 0. The highest BCUT2D eigenvalue weighted by Gasteiger charge is 2.27. The van der Waals surface area contributed by atoms with Crippen LogP contribution in [-0.4, -0.2) is 220 Å². The van der Waals surface area contributed by atoms with E-state index in [4.69, 9.17) is 68.3 Å². The van der Waals surface area contributed by atoms with Gasteiger partial charge in [0.15, 0.2) is 0 Å². The van der Waals surface area contributed by atoms with Gasteiger partial charge < -0.3 is 89.6 Å². The maximum atomic E-state index is 14.4. The van der Waals surface area contributed by atoms with Crippen LogP contribution in [-0.2, 0) is 93.7 Å². The van der Waals surface area contributed by atoms with Crippen LogP contribution in [0.5, 0.6) is 0 Å². The molecule has 0 spiro atoms. The van der Waals surface area contributed by atoms with Crippen molar-refractivity contribution in [1.29, 1.82) is 0 Å². The molecule has 0 aliphatic rings. The third-order valence-electron chi connectivity index (χ3n) is 15.3. The summed E-state index contributed by atoms with van der Waals surface area (Å²) in [6, 6.07) is 34.9. The number of hydrogen-bond acceptors (Lipinski definition) is 18. The fourth-order valence-corrected chi connectivity index (χ4v) is 10.8. The van der Waals surface area contributed by atoms with Crippen molar-refractivity contribution in [2.24, 2.45) is 11.5 Å². The molecule has 23 heteroatoms. The zero-order valence-corrected chi connectivity index (χ0v) is 53.1. The van der Waals surface area contributed by atoms with Crippen molar-refractivity contribution in [3.8, 4) is 0 Å². The number of nitrogens with one attached hydrogen (secondary N) is 4. The fourth-order valence-electron chi connectivity index (χ4n) is 10.8. The summed E-state index contributed by atoms with van der Waals surface area (Å²) in [5, 5.41) is 24.3. The summed E-state index contributed by atoms with van der Waals surface area (Å²) in [7, 11) is 0. The van der Waals surface area contributed by atoms with Crippen LogP contribution in [0.4, 0.5) is 0 Å². The zero-order chi connectivity index (χ0) is 65.1. The summed E-state index contributed by atoms with van der Waals surface area (Å²) in [5.41, 5.74) is 12.2. The second-order valence-electron chi connectivity index (χ2n) is 21.9. The Morgan fingerprint density at radius 3 is 1.03 bits per heavy atom. The van der Waals surface area contributed by atoms with Crippen molar-refractivity contribution in [3.63, 3.8) is 0 Å². The lowest BCUT2D eigenvalue weighted by atomic mass is 9.90. The molecule has 0 aliphatic carbocycles. The van der Waals surface area contributed by atoms with E-state index in [-0.39, 0.29) is 65.3 Å². The normalized spacial score (nSPS) is 12.4. The molecule has 5 amide bonds. The first kappa shape index (κ1) is 71.5. The average molecular weight is 1290 g/mol. The number of benzene rings is 8. The highest BCUT2D eigenvalue weighted by Crippen LogP contribution is 2.38. The van der Waals surface area contributed by atoms with Crippen molar-refractivity contribution in [1.82, 2.24) is 21.3 Å². The largest absolute Gasteiger partial charge is 0.379 e. The van der Waals surface area contributed by atoms with Crippen LogP contribution in [0.15, 0.2) is 109 Å². The Kier molecular flexibility index (Phi) is 31.3. The Hall–Kier alpha value is -7.33. The van der Waals surface area contributed by atoms with Gasteiger partial charge in [-0.15, -0.1) is 0 Å². The van der Waals surface area contributed by atoms with E-state index in [1.165, 1.54) is 0 Å². The molecular weight excluding hydrogens is 1200 g/mol. The molecule has 2 unspecified atom stereocenters. The summed E-state index contributed by atoms with van der Waals surface area (Å²) < 4.78 is 66.3. The molecule has 0 fully saturated rings. The number of amides is 5. The van der Waals surface area contributed by atoms with Gasteiger partial charge in [-0.05, 0) is 75.8 Å². The standard InChI is InChI=1S/C70H90N6O17/c71-21-25-84-29-33-88-37-41-92-45-43-91-40-36-87-32-28-83-24-20-63(78)75-61(48-57-14-12-55-10-8-51-4-2-6-53-16-18-59(57)68(55)66(51)53)70(81)74-49-64(79)76-60(47-56-13-11-54-9-7-50-3-1-5-52-15-17-58(56)67(54)65(50)52)69(80)73-22-26-85-30-34-89-38-42-93-46-44-90-39-35-86-31-27-82-23-19-62(72)77/h1-18,60-61H,19-49,71H2,(H2,72,77)(H,73,80)(H,74,81)(H,75,78)(H,76,79). The van der Waals surface area contributed by atoms with E-state index in [9.17, 15) is 24.0 Å². The van der Waals surface area contributed by atoms with Crippen LogP contribution < -0.4 is 32.7 Å². The molecule has 0 saturated carbocycles. The number of ether oxygens (including phenoxy) is 12. The van der Waals surface area contributed by atoms with Gasteiger partial charge in [0.05, 0.1) is 165 Å². The third-order valence-corrected chi connectivity index (χ3v) is 15.3. The molecule has 0 heterocycles. The van der Waals surface area contributed by atoms with Gasteiger partial charge >= 0.3 is 0 Å². The first-order valence-corrected chi connectivity index (χ1v) is 32.0. The number of carbonyl (C=O) groups excluding carboxylic acids is 5. The smallest absolute Gasteiger partial charge is 0.243 e. The van der Waals surface area contributed by atoms with Crippen LogP contribution in [0, 0.1) is 0 Å². The van der Waals surface area contributed by atoms with Crippen molar-refractivity contribution in [2.75, 3.05) is 178 Å². The molecule has 8 aromatic carbocycles. The molecule has 8 aromatic rings. The maximum Gasteiger partial charge on any atom is 0.243 e. The lowest BCUT2D eigenvalue weighted by Gasteiger charge is -2.22. The Bertz CT molecular complexity index is 3510. The number of nitrogens with two attached hydrogens (primary N) is 2. The van der Waals surface area contributed by atoms with Gasteiger partial charge in [-0.3, -0.25) is 24.0 Å². The molecule has 502 valence electrons. The van der Waals surface area contributed by atoms with E-state index in [1.54, 1.807) is 0 Å². The molecule has 8 rings (SSSR count). The second kappa shape index (κ2) is 40.7. The minimum atomic E-state index is -1.09. The fraction of sp³-hybridized carbons (Fsp3) is 0.471. The quantitative estimate of drug-likeness (QED) is 0.0218. The van der Waals surface area contributed by atoms with Gasteiger partial charge in [0, 0.05) is 38.8 Å². The summed E-state index contributed by atoms with van der Waals surface area (Å²) in [4.78, 5) is 67.2. The molecule has 8 N–H and O–H groups in total. The van der Waals surface area contributed by atoms with Crippen molar-refractivity contribution >= 4 is 94.2 Å². The zero-order valence-electron chi connectivity index (χ0n) is 53.1. The third kappa shape index (κ3) is 23.6. The lowest BCUT2D eigenvalue weighted by molar-refractivity contribution is -0.131. The van der Waals surface area contributed by atoms with Gasteiger partial charge in [0.25, 0.3) is 0 Å². The average Bonchev–Trinajstić information content (AvgIpc) is 0.754. The molecule has 2 atom stereocenters. The van der Waals surface area contributed by atoms with Crippen LogP contribution in [0.1, 0.15) is 24.0 Å². The number of carbonyl (C=O) groups is 5. The van der Waals surface area contributed by atoms with E-state index in [1.807, 2.05) is 42.5 Å². The van der Waals surface area contributed by atoms with Crippen LogP contribution >= 0.6 is 0 Å². The topological polar surface area (TPSA) is 296 Å². The predicted octanol–water partition coefficient (Wildman–Crippen LogP) is 4.89. The Labute approximate surface area is 541 Å².